The summed E-state index contributed by atoms with van der Waals surface area (Å²) in [5, 5.41) is 10.8. The number of β-amino-alcohol motifs (C(OH)–C–C–N with tert-alkyl or cyclic N) is 1. The predicted octanol–water partition coefficient (Wildman–Crippen LogP) is 2.54. The summed E-state index contributed by atoms with van der Waals surface area (Å²) in [6, 6.07) is 10.7. The molecule has 3 nitrogen and oxygen atoms in total. The Bertz CT molecular complexity index is 444. The molecule has 1 aromatic rings. The van der Waals surface area contributed by atoms with Crippen molar-refractivity contribution >= 4 is 0 Å². The maximum Gasteiger partial charge on any atom is 0.0912 e. The molecular formula is C19H30N2O. The van der Waals surface area contributed by atoms with Crippen LogP contribution < -0.4 is 0 Å². The van der Waals surface area contributed by atoms with Gasteiger partial charge in [-0.25, -0.2) is 0 Å². The summed E-state index contributed by atoms with van der Waals surface area (Å²) in [4.78, 5) is 4.92. The molecule has 122 valence electrons. The van der Waals surface area contributed by atoms with Crippen molar-refractivity contribution in [1.29, 1.82) is 0 Å². The van der Waals surface area contributed by atoms with Gasteiger partial charge in [-0.3, -0.25) is 0 Å². The number of likely N-dealkylation sites (tertiary alicyclic amines) is 2. The van der Waals surface area contributed by atoms with Gasteiger partial charge in [0.05, 0.1) is 5.60 Å². The van der Waals surface area contributed by atoms with Crippen LogP contribution in [0.2, 0.25) is 0 Å². The minimum absolute atomic E-state index is 0.468. The summed E-state index contributed by atoms with van der Waals surface area (Å²) in [5.74, 6) is 0. The zero-order valence-corrected chi connectivity index (χ0v) is 13.7. The number of piperidine rings is 1. The Balaban J connectivity index is 1.39. The quantitative estimate of drug-likeness (QED) is 0.875. The SMILES string of the molecule is O[C@@]1(CN2CCCCC2)CCN(CCCc2ccccc2)C1. The van der Waals surface area contributed by atoms with E-state index in [0.29, 0.717) is 0 Å². The molecule has 2 saturated heterocycles. The van der Waals surface area contributed by atoms with Gasteiger partial charge >= 0.3 is 0 Å². The summed E-state index contributed by atoms with van der Waals surface area (Å²) in [6.45, 7) is 6.25. The highest BCUT2D eigenvalue weighted by Crippen LogP contribution is 2.24. The minimum atomic E-state index is -0.468. The maximum absolute atomic E-state index is 10.8. The van der Waals surface area contributed by atoms with Gasteiger partial charge in [-0.2, -0.15) is 0 Å². The highest BCUT2D eigenvalue weighted by atomic mass is 16.3. The highest BCUT2D eigenvalue weighted by molar-refractivity contribution is 5.14. The van der Waals surface area contributed by atoms with Gasteiger partial charge in [0.1, 0.15) is 0 Å². The van der Waals surface area contributed by atoms with E-state index in [0.717, 1.165) is 39.0 Å². The van der Waals surface area contributed by atoms with Crippen molar-refractivity contribution in [3.05, 3.63) is 35.9 Å². The maximum atomic E-state index is 10.8. The largest absolute Gasteiger partial charge is 0.387 e. The number of hydrogen-bond acceptors (Lipinski definition) is 3. The van der Waals surface area contributed by atoms with E-state index in [1.807, 2.05) is 0 Å². The smallest absolute Gasteiger partial charge is 0.0912 e. The number of aliphatic hydroxyl groups is 1. The lowest BCUT2D eigenvalue weighted by Gasteiger charge is -2.33. The van der Waals surface area contributed by atoms with Crippen LogP contribution in [0.4, 0.5) is 0 Å². The first-order chi connectivity index (χ1) is 10.7. The standard InChI is InChI=1S/C19H30N2O/c22-19(16-20-12-5-2-6-13-20)11-15-21(17-19)14-7-10-18-8-3-1-4-9-18/h1,3-4,8-9,22H,2,5-7,10-17H2/t19-/m1/s1. The number of nitrogens with zero attached hydrogens (tertiary/aromatic N) is 2. The molecule has 2 fully saturated rings. The fourth-order valence-electron chi connectivity index (χ4n) is 3.95. The van der Waals surface area contributed by atoms with Crippen LogP contribution >= 0.6 is 0 Å². The van der Waals surface area contributed by atoms with Crippen LogP contribution in [-0.2, 0) is 6.42 Å². The van der Waals surface area contributed by atoms with Gasteiger partial charge in [-0.15, -0.1) is 0 Å². The average molecular weight is 302 g/mol. The molecule has 2 aliphatic heterocycles. The molecule has 0 amide bonds. The van der Waals surface area contributed by atoms with Gasteiger partial charge in [-0.05, 0) is 57.3 Å². The molecule has 2 heterocycles. The molecule has 0 unspecified atom stereocenters. The molecule has 1 aromatic carbocycles. The van der Waals surface area contributed by atoms with E-state index in [1.165, 1.54) is 44.3 Å². The van der Waals surface area contributed by atoms with E-state index in [9.17, 15) is 5.11 Å². The normalized spacial score (nSPS) is 27.3. The van der Waals surface area contributed by atoms with Crippen molar-refractivity contribution in [3.8, 4) is 0 Å². The Morgan fingerprint density at radius 2 is 1.73 bits per heavy atom. The summed E-state index contributed by atoms with van der Waals surface area (Å²) in [5.41, 5.74) is 0.953. The number of rotatable bonds is 6. The first-order valence-electron chi connectivity index (χ1n) is 8.95. The van der Waals surface area contributed by atoms with Crippen molar-refractivity contribution < 1.29 is 5.11 Å². The van der Waals surface area contributed by atoms with Crippen molar-refractivity contribution in [1.82, 2.24) is 9.80 Å². The van der Waals surface area contributed by atoms with Crippen molar-refractivity contribution in [2.45, 2.75) is 44.1 Å². The third-order valence-electron chi connectivity index (χ3n) is 5.16. The molecular weight excluding hydrogens is 272 g/mol. The lowest BCUT2D eigenvalue weighted by atomic mass is 10.0. The van der Waals surface area contributed by atoms with Crippen molar-refractivity contribution in [2.75, 3.05) is 39.3 Å². The van der Waals surface area contributed by atoms with Crippen LogP contribution in [0.25, 0.3) is 0 Å². The molecule has 0 bridgehead atoms. The monoisotopic (exact) mass is 302 g/mol. The van der Waals surface area contributed by atoms with Gasteiger partial charge in [0.25, 0.3) is 0 Å². The van der Waals surface area contributed by atoms with Crippen LogP contribution in [0.3, 0.4) is 0 Å². The number of benzene rings is 1. The number of aryl methyl sites for hydroxylation is 1. The average Bonchev–Trinajstić information content (AvgIpc) is 2.90. The molecule has 0 saturated carbocycles. The molecule has 3 heteroatoms. The Morgan fingerprint density at radius 3 is 2.50 bits per heavy atom. The van der Waals surface area contributed by atoms with Crippen LogP contribution in [0.1, 0.15) is 37.7 Å². The lowest BCUT2D eigenvalue weighted by molar-refractivity contribution is 0.00686. The first-order valence-corrected chi connectivity index (χ1v) is 8.95. The van der Waals surface area contributed by atoms with E-state index in [2.05, 4.69) is 40.1 Å². The van der Waals surface area contributed by atoms with Gasteiger partial charge < -0.3 is 14.9 Å². The minimum Gasteiger partial charge on any atom is -0.387 e. The molecule has 0 aromatic heterocycles. The third kappa shape index (κ3) is 4.55. The second-order valence-corrected chi connectivity index (χ2v) is 7.18. The number of hydrogen-bond donors (Lipinski definition) is 1. The second-order valence-electron chi connectivity index (χ2n) is 7.18. The molecule has 22 heavy (non-hydrogen) atoms. The molecule has 0 spiro atoms. The molecule has 0 radical (unpaired) electrons. The van der Waals surface area contributed by atoms with E-state index in [-0.39, 0.29) is 0 Å². The van der Waals surface area contributed by atoms with Gasteiger partial charge in [-0.1, -0.05) is 36.8 Å². The van der Waals surface area contributed by atoms with Crippen LogP contribution in [0.5, 0.6) is 0 Å². The van der Waals surface area contributed by atoms with Crippen LogP contribution in [-0.4, -0.2) is 59.8 Å². The van der Waals surface area contributed by atoms with Gasteiger partial charge in [0, 0.05) is 19.6 Å². The topological polar surface area (TPSA) is 26.7 Å². The highest BCUT2D eigenvalue weighted by Gasteiger charge is 2.37. The van der Waals surface area contributed by atoms with Crippen molar-refractivity contribution in [3.63, 3.8) is 0 Å². The zero-order chi connectivity index (χ0) is 15.3. The van der Waals surface area contributed by atoms with E-state index in [1.54, 1.807) is 0 Å². The van der Waals surface area contributed by atoms with E-state index < -0.39 is 5.60 Å². The Hall–Kier alpha value is -0.900. The summed E-state index contributed by atoms with van der Waals surface area (Å²) >= 11 is 0. The fraction of sp³-hybridized carbons (Fsp3) is 0.684. The van der Waals surface area contributed by atoms with E-state index in [4.69, 9.17) is 0 Å². The first kappa shape index (κ1) is 16.0. The predicted molar refractivity (Wildman–Crippen MR) is 91.1 cm³/mol. The molecule has 0 aliphatic carbocycles. The fourth-order valence-corrected chi connectivity index (χ4v) is 3.95. The van der Waals surface area contributed by atoms with Gasteiger partial charge in [0.15, 0.2) is 0 Å². The zero-order valence-electron chi connectivity index (χ0n) is 13.7. The van der Waals surface area contributed by atoms with Crippen molar-refractivity contribution in [2.24, 2.45) is 0 Å². The molecule has 3 rings (SSSR count). The Labute approximate surface area is 134 Å². The Kier molecular flexibility index (Phi) is 5.51. The molecule has 1 atom stereocenters. The third-order valence-corrected chi connectivity index (χ3v) is 5.16. The van der Waals surface area contributed by atoms with Crippen LogP contribution in [0.15, 0.2) is 30.3 Å². The summed E-state index contributed by atoms with van der Waals surface area (Å²) in [6.07, 6.45) is 7.23. The molecule has 1 N–H and O–H groups in total. The lowest BCUT2D eigenvalue weighted by Crippen LogP contribution is -2.46. The second kappa shape index (κ2) is 7.58. The van der Waals surface area contributed by atoms with Crippen LogP contribution in [0, 0.1) is 0 Å². The summed E-state index contributed by atoms with van der Waals surface area (Å²) in [7, 11) is 0. The Morgan fingerprint density at radius 1 is 0.955 bits per heavy atom. The van der Waals surface area contributed by atoms with Gasteiger partial charge in [0.2, 0.25) is 0 Å². The summed E-state index contributed by atoms with van der Waals surface area (Å²) < 4.78 is 0. The van der Waals surface area contributed by atoms with E-state index >= 15 is 0 Å². The molecule has 2 aliphatic rings.